The van der Waals surface area contributed by atoms with Gasteiger partial charge in [0.25, 0.3) is 0 Å². The van der Waals surface area contributed by atoms with E-state index in [1.54, 1.807) is 0 Å². The quantitative estimate of drug-likeness (QED) is 0.805. The van der Waals surface area contributed by atoms with E-state index in [2.05, 4.69) is 6.92 Å². The molecular weight excluding hydrogens is 229 g/mol. The second-order valence-corrected chi connectivity index (χ2v) is 5.78. The fourth-order valence-electron chi connectivity index (χ4n) is 3.48. The first kappa shape index (κ1) is 13.2. The molecule has 2 aliphatic carbocycles. The maximum absolute atomic E-state index is 12.7. The summed E-state index contributed by atoms with van der Waals surface area (Å²) in [5, 5.41) is 10.4. The van der Waals surface area contributed by atoms with Crippen LogP contribution in [0.4, 0.5) is 13.2 Å². The minimum Gasteiger partial charge on any atom is -0.389 e. The number of hydrogen-bond donors (Lipinski definition) is 1. The van der Waals surface area contributed by atoms with E-state index in [9.17, 15) is 18.3 Å². The SMILES string of the molecule is CCCC1CC1(O)C1CCCC(C(F)(F)F)C1. The lowest BCUT2D eigenvalue weighted by molar-refractivity contribution is -0.190. The largest absolute Gasteiger partial charge is 0.391 e. The summed E-state index contributed by atoms with van der Waals surface area (Å²) in [4.78, 5) is 0. The molecule has 0 bridgehead atoms. The van der Waals surface area contributed by atoms with Gasteiger partial charge in [0.15, 0.2) is 0 Å². The number of halogens is 3. The molecule has 0 amide bonds. The van der Waals surface area contributed by atoms with Gasteiger partial charge < -0.3 is 5.11 Å². The van der Waals surface area contributed by atoms with Gasteiger partial charge in [-0.3, -0.25) is 0 Å². The van der Waals surface area contributed by atoms with Crippen molar-refractivity contribution in [2.45, 2.75) is 63.6 Å². The number of aliphatic hydroxyl groups is 1. The standard InChI is InChI=1S/C13H21F3O/c1-2-4-11-8-12(11,17)9-5-3-6-10(7-9)13(14,15)16/h9-11,17H,2-8H2,1H3. The summed E-state index contributed by atoms with van der Waals surface area (Å²) in [5.74, 6) is -1.06. The van der Waals surface area contributed by atoms with Crippen LogP contribution in [0.1, 0.15) is 51.9 Å². The van der Waals surface area contributed by atoms with E-state index in [-0.39, 0.29) is 24.7 Å². The molecule has 2 rings (SSSR count). The molecule has 1 nitrogen and oxygen atoms in total. The first-order chi connectivity index (χ1) is 7.88. The predicted molar refractivity (Wildman–Crippen MR) is 59.5 cm³/mol. The van der Waals surface area contributed by atoms with Crippen molar-refractivity contribution >= 4 is 0 Å². The minimum absolute atomic E-state index is 0.126. The molecule has 0 radical (unpaired) electrons. The third-order valence-electron chi connectivity index (χ3n) is 4.60. The lowest BCUT2D eigenvalue weighted by atomic mass is 9.76. The van der Waals surface area contributed by atoms with Crippen LogP contribution in [0.3, 0.4) is 0 Å². The van der Waals surface area contributed by atoms with Crippen molar-refractivity contribution < 1.29 is 18.3 Å². The smallest absolute Gasteiger partial charge is 0.389 e. The Hall–Kier alpha value is -0.250. The first-order valence-electron chi connectivity index (χ1n) is 6.67. The second-order valence-electron chi connectivity index (χ2n) is 5.78. The molecular formula is C13H21F3O. The van der Waals surface area contributed by atoms with Crippen LogP contribution in [0.2, 0.25) is 0 Å². The molecule has 0 aromatic heterocycles. The van der Waals surface area contributed by atoms with Gasteiger partial charge in [-0.1, -0.05) is 19.8 Å². The van der Waals surface area contributed by atoms with Gasteiger partial charge in [0.2, 0.25) is 0 Å². The van der Waals surface area contributed by atoms with Crippen LogP contribution in [0.25, 0.3) is 0 Å². The monoisotopic (exact) mass is 250 g/mol. The predicted octanol–water partition coefficient (Wildman–Crippen LogP) is 3.91. The summed E-state index contributed by atoms with van der Waals surface area (Å²) >= 11 is 0. The average molecular weight is 250 g/mol. The van der Waals surface area contributed by atoms with Crippen LogP contribution in [-0.4, -0.2) is 16.9 Å². The van der Waals surface area contributed by atoms with E-state index >= 15 is 0 Å². The Bertz CT molecular complexity index is 276. The fourth-order valence-corrected chi connectivity index (χ4v) is 3.48. The normalized spacial score (nSPS) is 42.5. The van der Waals surface area contributed by atoms with Gasteiger partial charge in [-0.15, -0.1) is 0 Å². The van der Waals surface area contributed by atoms with Gasteiger partial charge in [0, 0.05) is 0 Å². The number of rotatable bonds is 3. The van der Waals surface area contributed by atoms with Gasteiger partial charge in [0.05, 0.1) is 11.5 Å². The van der Waals surface area contributed by atoms with Crippen molar-refractivity contribution in [3.8, 4) is 0 Å². The van der Waals surface area contributed by atoms with Gasteiger partial charge >= 0.3 is 6.18 Å². The van der Waals surface area contributed by atoms with E-state index in [1.807, 2.05) is 0 Å². The van der Waals surface area contributed by atoms with Crippen molar-refractivity contribution in [2.75, 3.05) is 0 Å². The van der Waals surface area contributed by atoms with E-state index < -0.39 is 17.7 Å². The van der Waals surface area contributed by atoms with Gasteiger partial charge in [-0.2, -0.15) is 13.2 Å². The summed E-state index contributed by atoms with van der Waals surface area (Å²) in [6.07, 6.45) is 0.348. The van der Waals surface area contributed by atoms with Crippen LogP contribution in [0, 0.1) is 17.8 Å². The maximum atomic E-state index is 12.7. The van der Waals surface area contributed by atoms with Crippen molar-refractivity contribution in [2.24, 2.45) is 17.8 Å². The lowest BCUT2D eigenvalue weighted by Crippen LogP contribution is -2.35. The van der Waals surface area contributed by atoms with Crippen LogP contribution in [0.5, 0.6) is 0 Å². The molecule has 2 fully saturated rings. The summed E-state index contributed by atoms with van der Waals surface area (Å²) in [6, 6.07) is 0. The van der Waals surface area contributed by atoms with E-state index in [1.165, 1.54) is 0 Å². The van der Waals surface area contributed by atoms with Gasteiger partial charge in [-0.05, 0) is 43.9 Å². The summed E-state index contributed by atoms with van der Waals surface area (Å²) in [7, 11) is 0. The molecule has 4 unspecified atom stereocenters. The molecule has 17 heavy (non-hydrogen) atoms. The molecule has 1 N–H and O–H groups in total. The molecule has 0 aliphatic heterocycles. The molecule has 0 heterocycles. The van der Waals surface area contributed by atoms with E-state index in [4.69, 9.17) is 0 Å². The van der Waals surface area contributed by atoms with Gasteiger partial charge in [-0.25, -0.2) is 0 Å². The Labute approximate surface area is 100 Å². The maximum Gasteiger partial charge on any atom is 0.391 e. The highest BCUT2D eigenvalue weighted by molar-refractivity contribution is 5.08. The molecule has 100 valence electrons. The van der Waals surface area contributed by atoms with Crippen molar-refractivity contribution in [1.29, 1.82) is 0 Å². The van der Waals surface area contributed by atoms with Crippen LogP contribution in [-0.2, 0) is 0 Å². The molecule has 0 aromatic rings. The Morgan fingerprint density at radius 2 is 2.00 bits per heavy atom. The Kier molecular flexibility index (Phi) is 3.45. The highest BCUT2D eigenvalue weighted by atomic mass is 19.4. The third kappa shape index (κ3) is 2.61. The van der Waals surface area contributed by atoms with Crippen molar-refractivity contribution in [3.63, 3.8) is 0 Å². The lowest BCUT2D eigenvalue weighted by Gasteiger charge is -2.34. The summed E-state index contributed by atoms with van der Waals surface area (Å²) in [5.41, 5.74) is -0.764. The van der Waals surface area contributed by atoms with Crippen LogP contribution >= 0.6 is 0 Å². The van der Waals surface area contributed by atoms with Crippen LogP contribution in [0.15, 0.2) is 0 Å². The summed E-state index contributed by atoms with van der Waals surface area (Å²) < 4.78 is 38.1. The second kappa shape index (κ2) is 4.45. The number of hydrogen-bond acceptors (Lipinski definition) is 1. The highest BCUT2D eigenvalue weighted by Gasteiger charge is 2.58. The zero-order valence-electron chi connectivity index (χ0n) is 10.3. The van der Waals surface area contributed by atoms with Crippen molar-refractivity contribution in [1.82, 2.24) is 0 Å². The first-order valence-corrected chi connectivity index (χ1v) is 6.67. The van der Waals surface area contributed by atoms with Gasteiger partial charge in [0.1, 0.15) is 0 Å². The molecule has 4 atom stereocenters. The molecule has 2 saturated carbocycles. The van der Waals surface area contributed by atoms with E-state index in [0.29, 0.717) is 6.42 Å². The Morgan fingerprint density at radius 1 is 1.29 bits per heavy atom. The zero-order chi connectivity index (χ0) is 12.7. The molecule has 2 aliphatic rings. The molecule has 0 aromatic carbocycles. The van der Waals surface area contributed by atoms with E-state index in [0.717, 1.165) is 25.7 Å². The molecule has 4 heteroatoms. The minimum atomic E-state index is -4.08. The average Bonchev–Trinajstić information content (AvgIpc) is 2.91. The molecule has 0 spiro atoms. The van der Waals surface area contributed by atoms with Crippen molar-refractivity contribution in [3.05, 3.63) is 0 Å². The topological polar surface area (TPSA) is 20.2 Å². The molecule has 0 saturated heterocycles. The number of alkyl halides is 3. The van der Waals surface area contributed by atoms with Crippen LogP contribution < -0.4 is 0 Å². The third-order valence-corrected chi connectivity index (χ3v) is 4.60. The highest BCUT2D eigenvalue weighted by Crippen LogP contribution is 2.57. The zero-order valence-corrected chi connectivity index (χ0v) is 10.3. The summed E-state index contributed by atoms with van der Waals surface area (Å²) in [6.45, 7) is 2.05. The fraction of sp³-hybridized carbons (Fsp3) is 1.00. The Balaban J connectivity index is 1.95. The Morgan fingerprint density at radius 3 is 2.59 bits per heavy atom.